The molecule has 2 rings (SSSR count). The monoisotopic (exact) mass is 348 g/mol. The summed E-state index contributed by atoms with van der Waals surface area (Å²) < 4.78 is 5.29. The molecular formula is C19H24O6. The predicted octanol–water partition coefficient (Wildman–Crippen LogP) is 0.859. The fourth-order valence-electron chi connectivity index (χ4n) is 2.70. The van der Waals surface area contributed by atoms with E-state index in [2.05, 4.69) is 0 Å². The molecule has 2 atom stereocenters. The lowest BCUT2D eigenvalue weighted by molar-refractivity contribution is 0.0950. The van der Waals surface area contributed by atoms with Gasteiger partial charge in [-0.05, 0) is 41.0 Å². The molecule has 0 saturated carbocycles. The summed E-state index contributed by atoms with van der Waals surface area (Å²) in [6.07, 6.45) is -1.26. The molecule has 5 N–H and O–H groups in total. The summed E-state index contributed by atoms with van der Waals surface area (Å²) in [6.45, 7) is -0.685. The molecule has 0 radical (unpaired) electrons. The van der Waals surface area contributed by atoms with Crippen LogP contribution in [0.5, 0.6) is 11.5 Å². The van der Waals surface area contributed by atoms with Crippen molar-refractivity contribution in [2.75, 3.05) is 20.3 Å². The van der Waals surface area contributed by atoms with Crippen molar-refractivity contribution in [3.05, 3.63) is 47.5 Å². The van der Waals surface area contributed by atoms with E-state index in [4.69, 9.17) is 14.9 Å². The van der Waals surface area contributed by atoms with Crippen molar-refractivity contribution < 1.29 is 30.3 Å². The van der Waals surface area contributed by atoms with Gasteiger partial charge in [0.2, 0.25) is 0 Å². The highest BCUT2D eigenvalue weighted by molar-refractivity contribution is 5.72. The van der Waals surface area contributed by atoms with Crippen LogP contribution in [0.3, 0.4) is 0 Å². The van der Waals surface area contributed by atoms with Crippen molar-refractivity contribution in [3.8, 4) is 22.6 Å². The second kappa shape index (κ2) is 8.82. The van der Waals surface area contributed by atoms with Crippen molar-refractivity contribution in [1.29, 1.82) is 0 Å². The van der Waals surface area contributed by atoms with Gasteiger partial charge in [0.05, 0.1) is 32.5 Å². The lowest BCUT2D eigenvalue weighted by Crippen LogP contribution is -2.15. The predicted molar refractivity (Wildman–Crippen MR) is 93.7 cm³/mol. The maximum atomic E-state index is 10.2. The number of aromatic hydroxyl groups is 1. The Morgan fingerprint density at radius 1 is 0.920 bits per heavy atom. The van der Waals surface area contributed by atoms with Gasteiger partial charge in [0.25, 0.3) is 0 Å². The first kappa shape index (κ1) is 19.2. The van der Waals surface area contributed by atoms with E-state index in [1.807, 2.05) is 0 Å². The normalized spacial score (nSPS) is 13.5. The molecule has 0 heterocycles. The first-order chi connectivity index (χ1) is 12.0. The Balaban J connectivity index is 2.40. The molecule has 2 aromatic carbocycles. The van der Waals surface area contributed by atoms with E-state index >= 15 is 0 Å². The smallest absolute Gasteiger partial charge is 0.123 e. The van der Waals surface area contributed by atoms with Gasteiger partial charge in [-0.1, -0.05) is 12.1 Å². The molecule has 0 fully saturated rings. The van der Waals surface area contributed by atoms with Crippen molar-refractivity contribution >= 4 is 0 Å². The zero-order valence-electron chi connectivity index (χ0n) is 14.1. The van der Waals surface area contributed by atoms with E-state index in [0.717, 1.165) is 11.1 Å². The van der Waals surface area contributed by atoms with Crippen molar-refractivity contribution in [1.82, 2.24) is 0 Å². The van der Waals surface area contributed by atoms with Crippen LogP contribution in [0.4, 0.5) is 0 Å². The van der Waals surface area contributed by atoms with Gasteiger partial charge in [-0.25, -0.2) is 0 Å². The number of phenols is 1. The van der Waals surface area contributed by atoms with Gasteiger partial charge in [-0.2, -0.15) is 0 Å². The molecule has 2 aromatic rings. The molecular weight excluding hydrogens is 324 g/mol. The van der Waals surface area contributed by atoms with Gasteiger partial charge < -0.3 is 30.3 Å². The standard InChI is InChI=1S/C19H24O6/c1-25-19-5-3-13(8-14(19)9-16(23)11-21)17-7-12(2-4-18(17)24)6-15(22)10-20/h2-5,7-8,15-16,20-24H,6,9-11H2,1H3. The lowest BCUT2D eigenvalue weighted by Gasteiger charge is -2.15. The Morgan fingerprint density at radius 2 is 1.60 bits per heavy atom. The van der Waals surface area contributed by atoms with Gasteiger partial charge in [-0.3, -0.25) is 0 Å². The third-order valence-corrected chi connectivity index (χ3v) is 4.00. The van der Waals surface area contributed by atoms with Crippen molar-refractivity contribution in [2.24, 2.45) is 0 Å². The van der Waals surface area contributed by atoms with E-state index in [1.165, 1.54) is 7.11 Å². The van der Waals surface area contributed by atoms with E-state index < -0.39 is 12.2 Å². The van der Waals surface area contributed by atoms with Crippen LogP contribution in [0.15, 0.2) is 36.4 Å². The van der Waals surface area contributed by atoms with Gasteiger partial charge in [-0.15, -0.1) is 0 Å². The van der Waals surface area contributed by atoms with Crippen molar-refractivity contribution in [2.45, 2.75) is 25.0 Å². The maximum Gasteiger partial charge on any atom is 0.123 e. The van der Waals surface area contributed by atoms with Crippen LogP contribution in [-0.4, -0.2) is 58.1 Å². The molecule has 0 aliphatic carbocycles. The molecule has 6 heteroatoms. The molecule has 6 nitrogen and oxygen atoms in total. The van der Waals surface area contributed by atoms with Gasteiger partial charge in [0.15, 0.2) is 0 Å². The van der Waals surface area contributed by atoms with Gasteiger partial charge in [0, 0.05) is 18.4 Å². The number of benzene rings is 2. The lowest BCUT2D eigenvalue weighted by atomic mass is 9.96. The van der Waals surface area contributed by atoms with Gasteiger partial charge in [0.1, 0.15) is 11.5 Å². The largest absolute Gasteiger partial charge is 0.507 e. The summed E-state index contributed by atoms with van der Waals surface area (Å²) >= 11 is 0. The van der Waals surface area contributed by atoms with Gasteiger partial charge >= 0.3 is 0 Å². The summed E-state index contributed by atoms with van der Waals surface area (Å²) in [5.74, 6) is 0.670. The summed E-state index contributed by atoms with van der Waals surface area (Å²) in [5, 5.41) is 47.5. The molecule has 136 valence electrons. The molecule has 0 aliphatic heterocycles. The molecule has 0 spiro atoms. The average molecular weight is 348 g/mol. The van der Waals surface area contributed by atoms with Crippen LogP contribution in [-0.2, 0) is 12.8 Å². The molecule has 25 heavy (non-hydrogen) atoms. The molecule has 0 aliphatic rings. The highest BCUT2D eigenvalue weighted by atomic mass is 16.5. The third-order valence-electron chi connectivity index (χ3n) is 4.00. The Hall–Kier alpha value is -2.12. The van der Waals surface area contributed by atoms with Crippen LogP contribution >= 0.6 is 0 Å². The Kier molecular flexibility index (Phi) is 6.78. The minimum atomic E-state index is -0.899. The highest BCUT2D eigenvalue weighted by Crippen LogP contribution is 2.33. The number of ether oxygens (including phenoxy) is 1. The zero-order valence-corrected chi connectivity index (χ0v) is 14.1. The van der Waals surface area contributed by atoms with E-state index in [9.17, 15) is 15.3 Å². The Morgan fingerprint density at radius 3 is 2.24 bits per heavy atom. The van der Waals surface area contributed by atoms with Crippen LogP contribution in [0, 0.1) is 0 Å². The second-order valence-electron chi connectivity index (χ2n) is 5.96. The van der Waals surface area contributed by atoms with Crippen LogP contribution in [0.25, 0.3) is 11.1 Å². The Bertz CT molecular complexity index is 700. The average Bonchev–Trinajstić information content (AvgIpc) is 2.63. The van der Waals surface area contributed by atoms with Crippen LogP contribution < -0.4 is 4.74 Å². The number of phenolic OH excluding ortho intramolecular Hbond substituents is 1. The summed E-state index contributed by atoms with van der Waals surface area (Å²) in [6, 6.07) is 10.3. The number of hydrogen-bond donors (Lipinski definition) is 5. The molecule has 0 bridgehead atoms. The quantitative estimate of drug-likeness (QED) is 0.484. The number of hydrogen-bond acceptors (Lipinski definition) is 6. The fourth-order valence-corrected chi connectivity index (χ4v) is 2.70. The van der Waals surface area contributed by atoms with Crippen molar-refractivity contribution in [3.63, 3.8) is 0 Å². The molecule has 2 unspecified atom stereocenters. The highest BCUT2D eigenvalue weighted by Gasteiger charge is 2.14. The van der Waals surface area contributed by atoms with Crippen LogP contribution in [0.2, 0.25) is 0 Å². The second-order valence-corrected chi connectivity index (χ2v) is 5.96. The molecule has 0 amide bonds. The molecule has 0 aromatic heterocycles. The van der Waals surface area contributed by atoms with E-state index in [0.29, 0.717) is 16.9 Å². The number of rotatable bonds is 8. The summed E-state index contributed by atoms with van der Waals surface area (Å²) in [4.78, 5) is 0. The SMILES string of the molecule is COc1ccc(-c2cc(CC(O)CO)ccc2O)cc1CC(O)CO. The minimum absolute atomic E-state index is 0.0843. The fraction of sp³-hybridized carbons (Fsp3) is 0.368. The van der Waals surface area contributed by atoms with Crippen LogP contribution in [0.1, 0.15) is 11.1 Å². The first-order valence-electron chi connectivity index (χ1n) is 8.05. The third kappa shape index (κ3) is 4.93. The topological polar surface area (TPSA) is 110 Å². The minimum Gasteiger partial charge on any atom is -0.507 e. The number of aliphatic hydroxyl groups is 4. The number of methoxy groups -OCH3 is 1. The van der Waals surface area contributed by atoms with E-state index in [-0.39, 0.29) is 31.8 Å². The first-order valence-corrected chi connectivity index (χ1v) is 8.05. The summed E-state index contributed by atoms with van der Waals surface area (Å²) in [7, 11) is 1.53. The summed E-state index contributed by atoms with van der Waals surface area (Å²) in [5.41, 5.74) is 2.78. The Labute approximate surface area is 146 Å². The maximum absolute atomic E-state index is 10.2. The number of aliphatic hydroxyl groups excluding tert-OH is 4. The molecule has 0 saturated heterocycles. The zero-order chi connectivity index (χ0) is 18.4. The van der Waals surface area contributed by atoms with E-state index in [1.54, 1.807) is 36.4 Å².